The molecule has 3 aromatic rings. The Hall–Kier alpha value is -2.81. The number of hydrogen-bond donors (Lipinski definition) is 1. The van der Waals surface area contributed by atoms with E-state index in [0.717, 1.165) is 11.6 Å². The summed E-state index contributed by atoms with van der Waals surface area (Å²) in [6, 6.07) is 7.76. The average molecular weight is 442 g/mol. The van der Waals surface area contributed by atoms with Crippen molar-refractivity contribution in [3.8, 4) is 0 Å². The Labute approximate surface area is 173 Å². The zero-order chi connectivity index (χ0) is 20.3. The van der Waals surface area contributed by atoms with E-state index < -0.39 is 16.7 Å². The van der Waals surface area contributed by atoms with E-state index >= 15 is 0 Å². The molecule has 0 saturated heterocycles. The smallest absolute Gasteiger partial charge is 0.401 e. The fraction of sp³-hybridized carbons (Fsp3) is 0.0588. The van der Waals surface area contributed by atoms with E-state index in [0.29, 0.717) is 16.6 Å². The van der Waals surface area contributed by atoms with Crippen molar-refractivity contribution in [3.63, 3.8) is 0 Å². The third kappa shape index (κ3) is 4.92. The molecule has 1 aromatic carbocycles. The lowest BCUT2D eigenvalue weighted by molar-refractivity contribution is -0.402. The molecule has 0 atom stereocenters. The monoisotopic (exact) mass is 440 g/mol. The van der Waals surface area contributed by atoms with Crippen molar-refractivity contribution in [1.82, 2.24) is 9.78 Å². The SMILES string of the molecule is O=C(/C=C/c1ccc([N+](=O)[O-])o1)Nc1nn(Cc2ccc(Cl)c(Cl)c2)cc1Cl. The van der Waals surface area contributed by atoms with Gasteiger partial charge in [-0.2, -0.15) is 5.10 Å². The summed E-state index contributed by atoms with van der Waals surface area (Å²) in [6.07, 6.45) is 4.00. The number of nitrogens with zero attached hydrogens (tertiary/aromatic N) is 3. The van der Waals surface area contributed by atoms with Crippen molar-refractivity contribution in [1.29, 1.82) is 0 Å². The number of aromatic nitrogens is 2. The highest BCUT2D eigenvalue weighted by atomic mass is 35.5. The van der Waals surface area contributed by atoms with Gasteiger partial charge in [0.25, 0.3) is 0 Å². The number of anilines is 1. The van der Waals surface area contributed by atoms with Crippen molar-refractivity contribution in [2.24, 2.45) is 0 Å². The summed E-state index contributed by atoms with van der Waals surface area (Å²) in [5, 5.41) is 18.4. The molecule has 0 spiro atoms. The number of carbonyl (C=O) groups is 1. The molecule has 0 bridgehead atoms. The molecule has 2 aromatic heterocycles. The lowest BCUT2D eigenvalue weighted by Crippen LogP contribution is -2.09. The zero-order valence-corrected chi connectivity index (χ0v) is 16.2. The van der Waals surface area contributed by atoms with Crippen LogP contribution in [0.1, 0.15) is 11.3 Å². The maximum absolute atomic E-state index is 12.0. The first kappa shape index (κ1) is 19.9. The maximum atomic E-state index is 12.0. The summed E-state index contributed by atoms with van der Waals surface area (Å²) < 4.78 is 6.46. The molecule has 0 fully saturated rings. The molecule has 1 N–H and O–H groups in total. The fourth-order valence-electron chi connectivity index (χ4n) is 2.23. The molecule has 0 aliphatic rings. The second-order valence-corrected chi connectivity index (χ2v) is 6.75. The molecule has 144 valence electrons. The second kappa shape index (κ2) is 8.47. The molecule has 0 saturated carbocycles. The molecule has 0 unspecified atom stereocenters. The van der Waals surface area contributed by atoms with Gasteiger partial charge in [0.05, 0.1) is 22.7 Å². The van der Waals surface area contributed by atoms with Crippen LogP contribution in [-0.2, 0) is 11.3 Å². The van der Waals surface area contributed by atoms with E-state index in [4.69, 9.17) is 39.2 Å². The van der Waals surface area contributed by atoms with Crippen molar-refractivity contribution in [2.45, 2.75) is 6.54 Å². The first-order valence-corrected chi connectivity index (χ1v) is 8.85. The van der Waals surface area contributed by atoms with Gasteiger partial charge in [0.15, 0.2) is 5.82 Å². The normalized spacial score (nSPS) is 11.1. The zero-order valence-electron chi connectivity index (χ0n) is 13.9. The quantitative estimate of drug-likeness (QED) is 0.328. The van der Waals surface area contributed by atoms with Crippen molar-refractivity contribution in [2.75, 3.05) is 5.32 Å². The molecule has 3 rings (SSSR count). The molecular formula is C17H11Cl3N4O4. The third-order valence-electron chi connectivity index (χ3n) is 3.48. The number of furan rings is 1. The molecule has 28 heavy (non-hydrogen) atoms. The van der Waals surface area contributed by atoms with Gasteiger partial charge in [-0.05, 0) is 29.8 Å². The predicted molar refractivity (Wildman–Crippen MR) is 106 cm³/mol. The summed E-state index contributed by atoms with van der Waals surface area (Å²) >= 11 is 18.0. The highest BCUT2D eigenvalue weighted by Crippen LogP contribution is 2.24. The first-order valence-electron chi connectivity index (χ1n) is 7.72. The Morgan fingerprint density at radius 1 is 1.21 bits per heavy atom. The number of halogens is 3. The van der Waals surface area contributed by atoms with E-state index in [1.165, 1.54) is 22.9 Å². The van der Waals surface area contributed by atoms with Gasteiger partial charge in [0.2, 0.25) is 5.91 Å². The molecule has 1 amide bonds. The van der Waals surface area contributed by atoms with Crippen molar-refractivity contribution in [3.05, 3.63) is 79.1 Å². The minimum absolute atomic E-state index is 0.165. The Morgan fingerprint density at radius 2 is 2.00 bits per heavy atom. The summed E-state index contributed by atoms with van der Waals surface area (Å²) in [5.74, 6) is -0.607. The largest absolute Gasteiger partial charge is 0.433 e. The highest BCUT2D eigenvalue weighted by molar-refractivity contribution is 6.42. The lowest BCUT2D eigenvalue weighted by atomic mass is 10.2. The first-order chi connectivity index (χ1) is 13.3. The number of hydrogen-bond acceptors (Lipinski definition) is 5. The number of nitro groups is 1. The summed E-state index contributed by atoms with van der Waals surface area (Å²) in [4.78, 5) is 21.9. The van der Waals surface area contributed by atoms with Crippen LogP contribution in [0.15, 0.2) is 47.0 Å². The van der Waals surface area contributed by atoms with E-state index in [1.54, 1.807) is 24.4 Å². The van der Waals surface area contributed by atoms with Crippen LogP contribution in [0.3, 0.4) is 0 Å². The number of rotatable bonds is 6. The number of carbonyl (C=O) groups excluding carboxylic acids is 1. The average Bonchev–Trinajstić information content (AvgIpc) is 3.24. The van der Waals surface area contributed by atoms with Crippen LogP contribution in [0.4, 0.5) is 11.7 Å². The summed E-state index contributed by atoms with van der Waals surface area (Å²) in [6.45, 7) is 0.373. The minimum Gasteiger partial charge on any atom is -0.401 e. The van der Waals surface area contributed by atoms with Crippen LogP contribution >= 0.6 is 34.8 Å². The number of amides is 1. The van der Waals surface area contributed by atoms with Gasteiger partial charge in [-0.15, -0.1) is 0 Å². The fourth-order valence-corrected chi connectivity index (χ4v) is 2.75. The molecule has 0 aliphatic heterocycles. The van der Waals surface area contributed by atoms with Crippen LogP contribution in [0.25, 0.3) is 6.08 Å². The van der Waals surface area contributed by atoms with Gasteiger partial charge < -0.3 is 9.73 Å². The highest BCUT2D eigenvalue weighted by Gasteiger charge is 2.12. The Balaban J connectivity index is 1.65. The van der Waals surface area contributed by atoms with Gasteiger partial charge in [0.1, 0.15) is 15.7 Å². The Kier molecular flexibility index (Phi) is 6.03. The number of benzene rings is 1. The van der Waals surface area contributed by atoms with Gasteiger partial charge in [-0.1, -0.05) is 40.9 Å². The summed E-state index contributed by atoms with van der Waals surface area (Å²) in [5.41, 5.74) is 0.853. The van der Waals surface area contributed by atoms with Crippen LogP contribution < -0.4 is 5.32 Å². The van der Waals surface area contributed by atoms with Gasteiger partial charge in [-0.25, -0.2) is 0 Å². The summed E-state index contributed by atoms with van der Waals surface area (Å²) in [7, 11) is 0. The van der Waals surface area contributed by atoms with E-state index in [-0.39, 0.29) is 16.6 Å². The molecular weight excluding hydrogens is 431 g/mol. The second-order valence-electron chi connectivity index (χ2n) is 5.53. The lowest BCUT2D eigenvalue weighted by Gasteiger charge is -2.03. The van der Waals surface area contributed by atoms with E-state index in [2.05, 4.69) is 10.4 Å². The van der Waals surface area contributed by atoms with Gasteiger partial charge >= 0.3 is 5.88 Å². The van der Waals surface area contributed by atoms with Crippen molar-refractivity contribution >= 4 is 58.5 Å². The standard InChI is InChI=1S/C17H11Cl3N4O4/c18-12-4-1-10(7-13(12)19)8-23-9-14(20)17(22-23)21-15(25)5-2-11-3-6-16(28-11)24(26)27/h1-7,9H,8H2,(H,21,22,25)/b5-2+. The Morgan fingerprint density at radius 3 is 2.68 bits per heavy atom. The third-order valence-corrected chi connectivity index (χ3v) is 4.49. The molecule has 8 nitrogen and oxygen atoms in total. The Bertz CT molecular complexity index is 1070. The van der Waals surface area contributed by atoms with Gasteiger partial charge in [-0.3, -0.25) is 19.6 Å². The van der Waals surface area contributed by atoms with Crippen LogP contribution in [0.5, 0.6) is 0 Å². The maximum Gasteiger partial charge on any atom is 0.433 e. The van der Waals surface area contributed by atoms with Crippen LogP contribution in [-0.4, -0.2) is 20.6 Å². The van der Waals surface area contributed by atoms with E-state index in [1.807, 2.05) is 0 Å². The van der Waals surface area contributed by atoms with Crippen LogP contribution in [0, 0.1) is 10.1 Å². The van der Waals surface area contributed by atoms with Crippen molar-refractivity contribution < 1.29 is 14.1 Å². The van der Waals surface area contributed by atoms with Gasteiger partial charge in [0, 0.05) is 12.3 Å². The molecule has 2 heterocycles. The number of nitrogens with one attached hydrogen (secondary N) is 1. The van der Waals surface area contributed by atoms with Crippen LogP contribution in [0.2, 0.25) is 15.1 Å². The molecule has 0 aliphatic carbocycles. The molecule has 0 radical (unpaired) electrons. The molecule has 11 heteroatoms. The predicted octanol–water partition coefficient (Wildman–Crippen LogP) is 5.04. The van der Waals surface area contributed by atoms with E-state index in [9.17, 15) is 14.9 Å². The minimum atomic E-state index is -0.669. The topological polar surface area (TPSA) is 103 Å².